The molecule has 0 aliphatic rings. The minimum Gasteiger partial charge on any atom is -0.325 e. The average Bonchev–Trinajstić information content (AvgIpc) is 3.42. The molecule has 0 aliphatic heterocycles. The van der Waals surface area contributed by atoms with Crippen LogP contribution in [0.2, 0.25) is 0 Å². The monoisotopic (exact) mass is 476 g/mol. The quantitative estimate of drug-likeness (QED) is 0.428. The van der Waals surface area contributed by atoms with Gasteiger partial charge in [-0.1, -0.05) is 18.2 Å². The molecule has 0 atom stereocenters. The highest BCUT2D eigenvalue weighted by Crippen LogP contribution is 2.30. The van der Waals surface area contributed by atoms with Crippen LogP contribution in [-0.4, -0.2) is 41.8 Å². The average molecular weight is 477 g/mol. The number of fused-ring (bicyclic) bond motifs is 1. The van der Waals surface area contributed by atoms with Crippen molar-refractivity contribution < 1.29 is 22.0 Å². The lowest BCUT2D eigenvalue weighted by Gasteiger charge is -2.15. The molecule has 0 aliphatic carbocycles. The van der Waals surface area contributed by atoms with Gasteiger partial charge in [0, 0.05) is 18.3 Å². The van der Waals surface area contributed by atoms with Gasteiger partial charge in [0.05, 0.1) is 17.6 Å². The first-order valence-corrected chi connectivity index (χ1v) is 11.7. The predicted molar refractivity (Wildman–Crippen MR) is 119 cm³/mol. The highest BCUT2D eigenvalue weighted by molar-refractivity contribution is 7.91. The molecule has 0 unspecified atom stereocenters. The first kappa shape index (κ1) is 22.1. The second-order valence-electron chi connectivity index (χ2n) is 6.89. The van der Waals surface area contributed by atoms with Crippen molar-refractivity contribution >= 4 is 44.0 Å². The van der Waals surface area contributed by atoms with Gasteiger partial charge in [-0.05, 0) is 47.8 Å². The molecule has 4 aromatic rings. The van der Waals surface area contributed by atoms with Crippen LogP contribution in [0.15, 0.2) is 70.3 Å². The number of imidazole rings is 1. The largest absolute Gasteiger partial charge is 0.325 e. The van der Waals surface area contributed by atoms with Gasteiger partial charge in [0.25, 0.3) is 10.0 Å². The number of likely N-dealkylation sites (N-methyl/N-ethyl adjacent to an activating group) is 1. The molecule has 0 saturated heterocycles. The summed E-state index contributed by atoms with van der Waals surface area (Å²) < 4.78 is 54.2. The second-order valence-corrected chi connectivity index (χ2v) is 10.1. The zero-order chi connectivity index (χ0) is 22.9. The number of nitrogens with one attached hydrogen (secondary N) is 1. The SMILES string of the molecule is CN(CC(=O)Nc1ccc(-c2nc3ccccc3n2C(F)F)cc1)S(=O)(=O)c1cccs1. The van der Waals surface area contributed by atoms with Crippen LogP contribution >= 0.6 is 11.3 Å². The standard InChI is InChI=1S/C21H18F2N4O3S2/c1-26(32(29,30)19-7-4-12-31-19)13-18(28)24-15-10-8-14(9-11-15)20-25-16-5-2-3-6-17(16)27(20)21(22)23/h2-12,21H,13H2,1H3,(H,24,28). The van der Waals surface area contributed by atoms with Gasteiger partial charge in [0.1, 0.15) is 10.0 Å². The zero-order valence-electron chi connectivity index (χ0n) is 16.8. The fourth-order valence-electron chi connectivity index (χ4n) is 3.20. The normalized spacial score (nSPS) is 12.0. The maximum atomic E-state index is 13.7. The third-order valence-electron chi connectivity index (χ3n) is 4.74. The third kappa shape index (κ3) is 4.27. The number of benzene rings is 2. The molecule has 2 aromatic heterocycles. The number of sulfonamides is 1. The highest BCUT2D eigenvalue weighted by Gasteiger charge is 2.24. The van der Waals surface area contributed by atoms with Gasteiger partial charge in [-0.2, -0.15) is 13.1 Å². The summed E-state index contributed by atoms with van der Waals surface area (Å²) in [5.74, 6) is -0.416. The Kier molecular flexibility index (Phi) is 6.04. The molecular formula is C21H18F2N4O3S2. The number of aromatic nitrogens is 2. The van der Waals surface area contributed by atoms with Gasteiger partial charge >= 0.3 is 6.55 Å². The van der Waals surface area contributed by atoms with Crippen LogP contribution in [0.1, 0.15) is 6.55 Å². The van der Waals surface area contributed by atoms with Crippen molar-refractivity contribution in [2.75, 3.05) is 18.9 Å². The molecule has 2 heterocycles. The van der Waals surface area contributed by atoms with E-state index in [2.05, 4.69) is 10.3 Å². The van der Waals surface area contributed by atoms with Gasteiger partial charge in [0.2, 0.25) is 5.91 Å². The van der Waals surface area contributed by atoms with E-state index in [9.17, 15) is 22.0 Å². The molecular weight excluding hydrogens is 458 g/mol. The summed E-state index contributed by atoms with van der Waals surface area (Å²) >= 11 is 1.07. The lowest BCUT2D eigenvalue weighted by Crippen LogP contribution is -2.34. The van der Waals surface area contributed by atoms with Crippen LogP contribution in [0, 0.1) is 0 Å². The Bertz CT molecular complexity index is 1350. The van der Waals surface area contributed by atoms with Crippen molar-refractivity contribution in [1.29, 1.82) is 0 Å². The van der Waals surface area contributed by atoms with Crippen LogP contribution in [0.5, 0.6) is 0 Å². The van der Waals surface area contributed by atoms with Crippen LogP contribution in [0.4, 0.5) is 14.5 Å². The van der Waals surface area contributed by atoms with E-state index >= 15 is 0 Å². The topological polar surface area (TPSA) is 84.3 Å². The Hall–Kier alpha value is -3.15. The summed E-state index contributed by atoms with van der Waals surface area (Å²) in [7, 11) is -2.42. The number of carbonyl (C=O) groups excluding carboxylic acids is 1. The molecule has 0 spiro atoms. The molecule has 0 radical (unpaired) electrons. The van der Waals surface area contributed by atoms with E-state index in [-0.39, 0.29) is 16.6 Å². The van der Waals surface area contributed by atoms with Gasteiger partial charge in [-0.25, -0.2) is 13.4 Å². The van der Waals surface area contributed by atoms with Gasteiger partial charge in [-0.15, -0.1) is 11.3 Å². The molecule has 0 saturated carbocycles. The molecule has 1 amide bonds. The number of thiophene rings is 1. The number of para-hydroxylation sites is 2. The molecule has 7 nitrogen and oxygen atoms in total. The van der Waals surface area contributed by atoms with Crippen molar-refractivity contribution in [3.63, 3.8) is 0 Å². The van der Waals surface area contributed by atoms with Crippen LogP contribution in [-0.2, 0) is 14.8 Å². The molecule has 11 heteroatoms. The van der Waals surface area contributed by atoms with Crippen LogP contribution in [0.25, 0.3) is 22.4 Å². The Balaban J connectivity index is 1.50. The lowest BCUT2D eigenvalue weighted by molar-refractivity contribution is -0.116. The van der Waals surface area contributed by atoms with Crippen LogP contribution < -0.4 is 5.32 Å². The fourth-order valence-corrected chi connectivity index (χ4v) is 5.53. The molecule has 0 bridgehead atoms. The van der Waals surface area contributed by atoms with E-state index in [1.54, 1.807) is 60.0 Å². The van der Waals surface area contributed by atoms with Crippen molar-refractivity contribution in [3.8, 4) is 11.4 Å². The van der Waals surface area contributed by atoms with E-state index < -0.39 is 22.5 Å². The van der Waals surface area contributed by atoms with Crippen LogP contribution in [0.3, 0.4) is 0 Å². The molecule has 4 rings (SSSR count). The van der Waals surface area contributed by atoms with E-state index in [1.165, 1.54) is 13.1 Å². The molecule has 32 heavy (non-hydrogen) atoms. The number of nitrogens with zero attached hydrogens (tertiary/aromatic N) is 3. The minimum atomic E-state index is -3.74. The number of hydrogen-bond acceptors (Lipinski definition) is 5. The number of carbonyl (C=O) groups is 1. The minimum absolute atomic E-state index is 0.112. The third-order valence-corrected chi connectivity index (χ3v) is 7.92. The summed E-state index contributed by atoms with van der Waals surface area (Å²) in [6.45, 7) is -3.14. The number of rotatable bonds is 7. The summed E-state index contributed by atoms with van der Waals surface area (Å²) in [6.07, 6.45) is 0. The van der Waals surface area contributed by atoms with E-state index in [0.29, 0.717) is 22.3 Å². The summed E-state index contributed by atoms with van der Waals surface area (Å²) in [6, 6.07) is 16.0. The second kappa shape index (κ2) is 8.77. The van der Waals surface area contributed by atoms with E-state index in [0.717, 1.165) is 20.2 Å². The Morgan fingerprint density at radius 3 is 2.50 bits per heavy atom. The van der Waals surface area contributed by atoms with E-state index in [1.807, 2.05) is 0 Å². The van der Waals surface area contributed by atoms with Crippen molar-refractivity contribution in [2.24, 2.45) is 0 Å². The molecule has 2 aromatic carbocycles. The number of alkyl halides is 2. The smallest absolute Gasteiger partial charge is 0.320 e. The lowest BCUT2D eigenvalue weighted by atomic mass is 10.2. The summed E-state index contributed by atoms with van der Waals surface area (Å²) in [5, 5.41) is 4.26. The van der Waals surface area contributed by atoms with Crippen molar-refractivity contribution in [2.45, 2.75) is 10.8 Å². The Morgan fingerprint density at radius 2 is 1.84 bits per heavy atom. The Morgan fingerprint density at radius 1 is 1.12 bits per heavy atom. The number of hydrogen-bond donors (Lipinski definition) is 1. The highest BCUT2D eigenvalue weighted by atomic mass is 32.2. The maximum absolute atomic E-state index is 13.7. The zero-order valence-corrected chi connectivity index (χ0v) is 18.4. The molecule has 0 fully saturated rings. The fraction of sp³-hybridized carbons (Fsp3) is 0.143. The first-order valence-electron chi connectivity index (χ1n) is 9.42. The molecule has 166 valence electrons. The predicted octanol–water partition coefficient (Wildman–Crippen LogP) is 4.42. The molecule has 1 N–H and O–H groups in total. The Labute approximate surface area is 187 Å². The van der Waals surface area contributed by atoms with Gasteiger partial charge in [0.15, 0.2) is 0 Å². The maximum Gasteiger partial charge on any atom is 0.320 e. The number of anilines is 1. The van der Waals surface area contributed by atoms with E-state index in [4.69, 9.17) is 0 Å². The first-order chi connectivity index (χ1) is 15.3. The van der Waals surface area contributed by atoms with Crippen molar-refractivity contribution in [3.05, 3.63) is 66.0 Å². The number of halogens is 2. The van der Waals surface area contributed by atoms with Gasteiger partial charge < -0.3 is 5.32 Å². The number of amides is 1. The van der Waals surface area contributed by atoms with Gasteiger partial charge in [-0.3, -0.25) is 9.36 Å². The summed E-state index contributed by atoms with van der Waals surface area (Å²) in [4.78, 5) is 16.6. The van der Waals surface area contributed by atoms with Crippen molar-refractivity contribution in [1.82, 2.24) is 13.9 Å². The summed E-state index contributed by atoms with van der Waals surface area (Å²) in [5.41, 5.74) is 1.64.